The number of aliphatic carboxylic acids is 1. The molecule has 0 heterocycles. The number of methoxy groups -OCH3 is 1. The lowest BCUT2D eigenvalue weighted by Crippen LogP contribution is -2.26. The van der Waals surface area contributed by atoms with Gasteiger partial charge in [-0.1, -0.05) is 12.1 Å². The summed E-state index contributed by atoms with van der Waals surface area (Å²) < 4.78 is 24.5. The van der Waals surface area contributed by atoms with E-state index in [4.69, 9.17) is 14.6 Å². The SMILES string of the molecule is COc1cccc(COC2CCC(C(=O)O)CC2)c1F. The molecule has 1 aromatic rings. The summed E-state index contributed by atoms with van der Waals surface area (Å²) in [6, 6.07) is 4.96. The van der Waals surface area contributed by atoms with Crippen LogP contribution in [0.5, 0.6) is 5.75 Å². The lowest BCUT2D eigenvalue weighted by molar-refractivity contribution is -0.143. The highest BCUT2D eigenvalue weighted by molar-refractivity contribution is 5.70. The second-order valence-corrected chi connectivity index (χ2v) is 5.06. The molecule has 0 saturated heterocycles. The lowest BCUT2D eigenvalue weighted by Gasteiger charge is -2.26. The Morgan fingerprint density at radius 1 is 1.35 bits per heavy atom. The van der Waals surface area contributed by atoms with Gasteiger partial charge in [0.2, 0.25) is 0 Å². The third kappa shape index (κ3) is 3.48. The average Bonchev–Trinajstić information content (AvgIpc) is 2.46. The Kier molecular flexibility index (Phi) is 4.95. The molecule has 4 nitrogen and oxygen atoms in total. The minimum Gasteiger partial charge on any atom is -0.494 e. The van der Waals surface area contributed by atoms with Crippen LogP contribution in [0.25, 0.3) is 0 Å². The number of benzene rings is 1. The number of carboxylic acid groups (broad SMARTS) is 1. The van der Waals surface area contributed by atoms with Crippen LogP contribution in [-0.2, 0) is 16.1 Å². The molecule has 0 bridgehead atoms. The van der Waals surface area contributed by atoms with E-state index in [0.717, 1.165) is 0 Å². The molecule has 0 radical (unpaired) electrons. The fourth-order valence-corrected chi connectivity index (χ4v) is 2.51. The van der Waals surface area contributed by atoms with E-state index in [1.165, 1.54) is 7.11 Å². The van der Waals surface area contributed by atoms with Gasteiger partial charge in [0.25, 0.3) is 0 Å². The van der Waals surface area contributed by atoms with E-state index < -0.39 is 11.8 Å². The summed E-state index contributed by atoms with van der Waals surface area (Å²) >= 11 is 0. The van der Waals surface area contributed by atoms with Crippen LogP contribution in [0, 0.1) is 11.7 Å². The maximum atomic E-state index is 13.9. The number of carboxylic acids is 1. The van der Waals surface area contributed by atoms with Crippen molar-refractivity contribution in [1.29, 1.82) is 0 Å². The monoisotopic (exact) mass is 282 g/mol. The predicted octanol–water partition coefficient (Wildman–Crippen LogP) is 2.99. The number of ether oxygens (including phenoxy) is 2. The van der Waals surface area contributed by atoms with E-state index in [1.54, 1.807) is 18.2 Å². The van der Waals surface area contributed by atoms with Crippen LogP contribution >= 0.6 is 0 Å². The Bertz CT molecular complexity index is 467. The Balaban J connectivity index is 1.86. The first-order valence-corrected chi connectivity index (χ1v) is 6.77. The Morgan fingerprint density at radius 2 is 2.05 bits per heavy atom. The van der Waals surface area contributed by atoms with Crippen molar-refractivity contribution in [3.8, 4) is 5.75 Å². The second kappa shape index (κ2) is 6.70. The van der Waals surface area contributed by atoms with E-state index in [9.17, 15) is 9.18 Å². The van der Waals surface area contributed by atoms with Gasteiger partial charge in [-0.05, 0) is 31.7 Å². The molecule has 1 aliphatic rings. The third-order valence-electron chi connectivity index (χ3n) is 3.76. The van der Waals surface area contributed by atoms with Crippen LogP contribution in [0.2, 0.25) is 0 Å². The molecule has 0 atom stereocenters. The average molecular weight is 282 g/mol. The maximum absolute atomic E-state index is 13.9. The molecule has 1 N–H and O–H groups in total. The Hall–Kier alpha value is -1.62. The number of halogens is 1. The van der Waals surface area contributed by atoms with E-state index in [0.29, 0.717) is 31.2 Å². The van der Waals surface area contributed by atoms with Crippen molar-refractivity contribution < 1.29 is 23.8 Å². The third-order valence-corrected chi connectivity index (χ3v) is 3.76. The molecule has 20 heavy (non-hydrogen) atoms. The molecular weight excluding hydrogens is 263 g/mol. The molecule has 1 aromatic carbocycles. The van der Waals surface area contributed by atoms with E-state index in [1.807, 2.05) is 0 Å². The quantitative estimate of drug-likeness (QED) is 0.902. The van der Waals surface area contributed by atoms with Gasteiger partial charge < -0.3 is 14.6 Å². The summed E-state index contributed by atoms with van der Waals surface area (Å²) in [5.41, 5.74) is 0.463. The summed E-state index contributed by atoms with van der Waals surface area (Å²) in [4.78, 5) is 10.9. The smallest absolute Gasteiger partial charge is 0.306 e. The highest BCUT2D eigenvalue weighted by atomic mass is 19.1. The standard InChI is InChI=1S/C15H19FO4/c1-19-13-4-2-3-11(14(13)16)9-20-12-7-5-10(6-8-12)15(17)18/h2-4,10,12H,5-9H2,1H3,(H,17,18). The van der Waals surface area contributed by atoms with Gasteiger partial charge in [-0.25, -0.2) is 4.39 Å². The van der Waals surface area contributed by atoms with E-state index in [-0.39, 0.29) is 24.4 Å². The highest BCUT2D eigenvalue weighted by Crippen LogP contribution is 2.28. The van der Waals surface area contributed by atoms with Crippen molar-refractivity contribution in [2.75, 3.05) is 7.11 Å². The van der Waals surface area contributed by atoms with Crippen molar-refractivity contribution in [3.05, 3.63) is 29.6 Å². The minimum atomic E-state index is -0.734. The van der Waals surface area contributed by atoms with E-state index in [2.05, 4.69) is 0 Å². The molecular formula is C15H19FO4. The summed E-state index contributed by atoms with van der Waals surface area (Å²) in [7, 11) is 1.43. The molecule has 0 aliphatic heterocycles. The van der Waals surface area contributed by atoms with Crippen LogP contribution in [0.15, 0.2) is 18.2 Å². The number of carbonyl (C=O) groups is 1. The summed E-state index contributed by atoms with van der Waals surface area (Å²) in [5, 5.41) is 8.92. The van der Waals surface area contributed by atoms with Gasteiger partial charge in [-0.3, -0.25) is 4.79 Å². The van der Waals surface area contributed by atoms with Gasteiger partial charge in [0.05, 0.1) is 25.7 Å². The molecule has 1 aliphatic carbocycles. The van der Waals surface area contributed by atoms with Crippen LogP contribution in [0.1, 0.15) is 31.2 Å². The zero-order valence-corrected chi connectivity index (χ0v) is 11.5. The second-order valence-electron chi connectivity index (χ2n) is 5.06. The first-order chi connectivity index (χ1) is 9.61. The Morgan fingerprint density at radius 3 is 2.65 bits per heavy atom. The number of rotatable bonds is 5. The summed E-state index contributed by atoms with van der Waals surface area (Å²) in [5.74, 6) is -1.18. The van der Waals surface area contributed by atoms with E-state index >= 15 is 0 Å². The zero-order valence-electron chi connectivity index (χ0n) is 11.5. The fraction of sp³-hybridized carbons (Fsp3) is 0.533. The van der Waals surface area contributed by atoms with Gasteiger partial charge in [0.1, 0.15) is 0 Å². The maximum Gasteiger partial charge on any atom is 0.306 e. The number of hydrogen-bond acceptors (Lipinski definition) is 3. The minimum absolute atomic E-state index is 0.0104. The fourth-order valence-electron chi connectivity index (χ4n) is 2.51. The van der Waals surface area contributed by atoms with Gasteiger partial charge in [0.15, 0.2) is 11.6 Å². The summed E-state index contributed by atoms with van der Waals surface area (Å²) in [6.45, 7) is 0.186. The first kappa shape index (κ1) is 14.8. The van der Waals surface area contributed by atoms with Gasteiger partial charge >= 0.3 is 5.97 Å². The normalized spacial score (nSPS) is 22.5. The van der Waals surface area contributed by atoms with Gasteiger partial charge in [-0.2, -0.15) is 0 Å². The van der Waals surface area contributed by atoms with Crippen molar-refractivity contribution in [1.82, 2.24) is 0 Å². The largest absolute Gasteiger partial charge is 0.494 e. The molecule has 1 saturated carbocycles. The Labute approximate surface area is 117 Å². The van der Waals surface area contributed by atoms with Crippen molar-refractivity contribution >= 4 is 5.97 Å². The van der Waals surface area contributed by atoms with Gasteiger partial charge in [0, 0.05) is 5.56 Å². The number of hydrogen-bond donors (Lipinski definition) is 1. The van der Waals surface area contributed by atoms with Crippen molar-refractivity contribution in [3.63, 3.8) is 0 Å². The topological polar surface area (TPSA) is 55.8 Å². The zero-order chi connectivity index (χ0) is 14.5. The first-order valence-electron chi connectivity index (χ1n) is 6.77. The predicted molar refractivity (Wildman–Crippen MR) is 71.1 cm³/mol. The molecule has 1 fully saturated rings. The molecule has 0 amide bonds. The van der Waals surface area contributed by atoms with Crippen LogP contribution < -0.4 is 4.74 Å². The summed E-state index contributed by atoms with van der Waals surface area (Å²) in [6.07, 6.45) is 2.68. The highest BCUT2D eigenvalue weighted by Gasteiger charge is 2.26. The molecule has 110 valence electrons. The van der Waals surface area contributed by atoms with Crippen molar-refractivity contribution in [2.45, 2.75) is 38.4 Å². The molecule has 5 heteroatoms. The van der Waals surface area contributed by atoms with Crippen LogP contribution in [0.4, 0.5) is 4.39 Å². The van der Waals surface area contributed by atoms with Gasteiger partial charge in [-0.15, -0.1) is 0 Å². The molecule has 0 spiro atoms. The molecule has 0 aromatic heterocycles. The van der Waals surface area contributed by atoms with Crippen molar-refractivity contribution in [2.24, 2.45) is 5.92 Å². The lowest BCUT2D eigenvalue weighted by atomic mass is 9.87. The van der Waals surface area contributed by atoms with Crippen LogP contribution in [0.3, 0.4) is 0 Å². The molecule has 2 rings (SSSR count). The van der Waals surface area contributed by atoms with Crippen LogP contribution in [-0.4, -0.2) is 24.3 Å². The molecule has 0 unspecified atom stereocenters.